The van der Waals surface area contributed by atoms with Crippen molar-refractivity contribution in [2.24, 2.45) is 0 Å². The Morgan fingerprint density at radius 1 is 0.806 bits per heavy atom. The van der Waals surface area contributed by atoms with E-state index in [0.717, 1.165) is 11.3 Å². The fraction of sp³-hybridized carbons (Fsp3) is 0. The van der Waals surface area contributed by atoms with Gasteiger partial charge >= 0.3 is 0 Å². The largest absolute Gasteiger partial charge is 0.504 e. The van der Waals surface area contributed by atoms with E-state index in [1.807, 2.05) is 60.7 Å². The first-order valence-electron chi connectivity index (χ1n) is 9.62. The Hall–Kier alpha value is -4.63. The van der Waals surface area contributed by atoms with E-state index in [-0.39, 0.29) is 11.5 Å². The number of phenolic OH excluding ortho intramolecular Hbond substituents is 2. The Kier molecular flexibility index (Phi) is 4.35. The van der Waals surface area contributed by atoms with Gasteiger partial charge in [0, 0.05) is 16.5 Å². The predicted octanol–water partition coefficient (Wildman–Crippen LogP) is 5.04. The molecular weight excluding hydrogens is 388 g/mol. The number of nitrogens with zero attached hydrogens (tertiary/aromatic N) is 4. The van der Waals surface area contributed by atoms with Crippen LogP contribution < -0.4 is 0 Å². The summed E-state index contributed by atoms with van der Waals surface area (Å²) >= 11 is 0. The number of hydrogen-bond acceptors (Lipinski definition) is 5. The number of aromatic nitrogens is 3. The molecule has 5 aromatic rings. The summed E-state index contributed by atoms with van der Waals surface area (Å²) in [5.41, 5.74) is 4.31. The van der Waals surface area contributed by atoms with Crippen molar-refractivity contribution in [2.45, 2.75) is 0 Å². The fourth-order valence-electron chi connectivity index (χ4n) is 3.69. The van der Waals surface area contributed by atoms with Crippen LogP contribution in [0.25, 0.3) is 39.1 Å². The third-order valence-corrected chi connectivity index (χ3v) is 5.14. The van der Waals surface area contributed by atoms with E-state index in [1.54, 1.807) is 16.9 Å². The summed E-state index contributed by atoms with van der Waals surface area (Å²) in [7, 11) is 0. The molecule has 0 aliphatic heterocycles. The van der Waals surface area contributed by atoms with Gasteiger partial charge in [0.25, 0.3) is 0 Å². The molecule has 0 spiro atoms. The highest BCUT2D eigenvalue weighted by atomic mass is 16.3. The maximum atomic E-state index is 10.1. The molecule has 3 aromatic carbocycles. The smallest absolute Gasteiger partial charge is 0.164 e. The molecule has 0 radical (unpaired) electrons. The molecule has 148 valence electrons. The lowest BCUT2D eigenvalue weighted by atomic mass is 9.94. The van der Waals surface area contributed by atoms with Crippen LogP contribution in [0.5, 0.6) is 11.5 Å². The topological polar surface area (TPSA) is 95.0 Å². The van der Waals surface area contributed by atoms with Crippen molar-refractivity contribution in [3.8, 4) is 45.6 Å². The molecule has 0 aliphatic rings. The van der Waals surface area contributed by atoms with E-state index < -0.39 is 0 Å². The minimum absolute atomic E-state index is 0.226. The Bertz CT molecular complexity index is 1450. The number of fused-ring (bicyclic) bond motifs is 1. The van der Waals surface area contributed by atoms with E-state index in [4.69, 9.17) is 4.98 Å². The number of rotatable bonds is 3. The zero-order chi connectivity index (χ0) is 21.4. The maximum Gasteiger partial charge on any atom is 0.164 e. The summed E-state index contributed by atoms with van der Waals surface area (Å²) in [5, 5.41) is 35.2. The summed E-state index contributed by atoms with van der Waals surface area (Å²) in [4.78, 5) is 4.84. The number of pyridine rings is 1. The Morgan fingerprint density at radius 2 is 1.52 bits per heavy atom. The first-order chi connectivity index (χ1) is 15.2. The van der Waals surface area contributed by atoms with E-state index in [0.29, 0.717) is 33.4 Å². The van der Waals surface area contributed by atoms with Gasteiger partial charge in [0.2, 0.25) is 0 Å². The molecule has 0 aliphatic carbocycles. The van der Waals surface area contributed by atoms with Gasteiger partial charge < -0.3 is 10.2 Å². The lowest BCUT2D eigenvalue weighted by Gasteiger charge is -2.13. The summed E-state index contributed by atoms with van der Waals surface area (Å²) < 4.78 is 1.73. The molecule has 2 heterocycles. The molecule has 2 N–H and O–H groups in total. The first kappa shape index (κ1) is 18.4. The second-order valence-electron chi connectivity index (χ2n) is 7.02. The Morgan fingerprint density at radius 3 is 2.19 bits per heavy atom. The van der Waals surface area contributed by atoms with Crippen LogP contribution in [0, 0.1) is 11.3 Å². The SMILES string of the molecule is N#Cc1c(-c2ccccc2)nc2c(cnn2-c2ccccc2)c1-c1ccc(O)c(O)c1. The molecule has 0 atom stereocenters. The van der Waals surface area contributed by atoms with Gasteiger partial charge in [-0.15, -0.1) is 0 Å². The van der Waals surface area contributed by atoms with Gasteiger partial charge in [-0.25, -0.2) is 9.67 Å². The molecule has 2 aromatic heterocycles. The highest BCUT2D eigenvalue weighted by Crippen LogP contribution is 2.39. The Labute approximate surface area is 177 Å². The zero-order valence-corrected chi connectivity index (χ0v) is 16.3. The third kappa shape index (κ3) is 3.05. The van der Waals surface area contributed by atoms with E-state index >= 15 is 0 Å². The standard InChI is InChI=1S/C25H16N4O2/c26-14-19-23(17-11-12-21(30)22(31)13-17)20-15-27-29(18-9-5-2-6-10-18)25(20)28-24(19)16-7-3-1-4-8-16/h1-13,15,30-31H. The van der Waals surface area contributed by atoms with E-state index in [2.05, 4.69) is 11.2 Å². The molecule has 31 heavy (non-hydrogen) atoms. The number of para-hydroxylation sites is 1. The highest BCUT2D eigenvalue weighted by Gasteiger charge is 2.22. The third-order valence-electron chi connectivity index (χ3n) is 5.14. The van der Waals surface area contributed by atoms with Crippen LogP contribution in [0.3, 0.4) is 0 Å². The Balaban J connectivity index is 1.91. The predicted molar refractivity (Wildman–Crippen MR) is 118 cm³/mol. The fourth-order valence-corrected chi connectivity index (χ4v) is 3.69. The lowest BCUT2D eigenvalue weighted by Crippen LogP contribution is -2.01. The van der Waals surface area contributed by atoms with Crippen LogP contribution in [-0.4, -0.2) is 25.0 Å². The average Bonchev–Trinajstić information content (AvgIpc) is 3.24. The molecule has 0 saturated heterocycles. The van der Waals surface area contributed by atoms with Crippen molar-refractivity contribution < 1.29 is 10.2 Å². The monoisotopic (exact) mass is 404 g/mol. The van der Waals surface area contributed by atoms with Gasteiger partial charge in [0.15, 0.2) is 17.1 Å². The van der Waals surface area contributed by atoms with Gasteiger partial charge in [0.05, 0.1) is 23.1 Å². The quantitative estimate of drug-likeness (QED) is 0.411. The number of hydrogen-bond donors (Lipinski definition) is 2. The van der Waals surface area contributed by atoms with Crippen LogP contribution in [0.2, 0.25) is 0 Å². The molecule has 0 bridgehead atoms. The second kappa shape index (κ2) is 7.32. The number of phenols is 2. The summed E-state index contributed by atoms with van der Waals surface area (Å²) in [6.45, 7) is 0. The van der Waals surface area contributed by atoms with E-state index in [1.165, 1.54) is 12.1 Å². The molecule has 6 heteroatoms. The average molecular weight is 404 g/mol. The van der Waals surface area contributed by atoms with Gasteiger partial charge in [-0.05, 0) is 29.8 Å². The van der Waals surface area contributed by atoms with Gasteiger partial charge in [-0.2, -0.15) is 10.4 Å². The van der Waals surface area contributed by atoms with Crippen molar-refractivity contribution in [3.63, 3.8) is 0 Å². The summed E-state index contributed by atoms with van der Waals surface area (Å²) in [6.07, 6.45) is 1.67. The molecule has 0 saturated carbocycles. The number of nitriles is 1. The second-order valence-corrected chi connectivity index (χ2v) is 7.02. The van der Waals surface area contributed by atoms with Crippen LogP contribution in [0.4, 0.5) is 0 Å². The van der Waals surface area contributed by atoms with Crippen molar-refractivity contribution in [1.82, 2.24) is 14.8 Å². The maximum absolute atomic E-state index is 10.1. The van der Waals surface area contributed by atoms with Gasteiger partial charge in [-0.3, -0.25) is 0 Å². The van der Waals surface area contributed by atoms with E-state index in [9.17, 15) is 15.5 Å². The van der Waals surface area contributed by atoms with Gasteiger partial charge in [-0.1, -0.05) is 54.6 Å². The van der Waals surface area contributed by atoms with Crippen molar-refractivity contribution in [2.75, 3.05) is 0 Å². The minimum atomic E-state index is -0.261. The minimum Gasteiger partial charge on any atom is -0.504 e. The summed E-state index contributed by atoms with van der Waals surface area (Å²) in [5.74, 6) is -0.487. The normalized spacial score (nSPS) is 10.8. The van der Waals surface area contributed by atoms with Crippen molar-refractivity contribution in [1.29, 1.82) is 5.26 Å². The van der Waals surface area contributed by atoms with Crippen LogP contribution in [0.1, 0.15) is 5.56 Å². The number of benzene rings is 3. The zero-order valence-electron chi connectivity index (χ0n) is 16.3. The summed E-state index contributed by atoms with van der Waals surface area (Å²) in [6, 6.07) is 25.9. The molecule has 6 nitrogen and oxygen atoms in total. The van der Waals surface area contributed by atoms with Crippen molar-refractivity contribution >= 4 is 11.0 Å². The van der Waals surface area contributed by atoms with Crippen LogP contribution in [-0.2, 0) is 0 Å². The molecule has 0 fully saturated rings. The van der Waals surface area contributed by atoms with Gasteiger partial charge in [0.1, 0.15) is 6.07 Å². The first-order valence-corrected chi connectivity index (χ1v) is 9.62. The van der Waals surface area contributed by atoms with Crippen LogP contribution >= 0.6 is 0 Å². The lowest BCUT2D eigenvalue weighted by molar-refractivity contribution is 0.404. The molecular formula is C25H16N4O2. The molecule has 0 unspecified atom stereocenters. The highest BCUT2D eigenvalue weighted by molar-refractivity contribution is 6.00. The van der Waals surface area contributed by atoms with Crippen LogP contribution in [0.15, 0.2) is 85.1 Å². The van der Waals surface area contributed by atoms with Crippen molar-refractivity contribution in [3.05, 3.63) is 90.6 Å². The number of aromatic hydroxyl groups is 2. The molecule has 0 amide bonds. The molecule has 5 rings (SSSR count).